The molecule has 1 aromatic rings. The van der Waals surface area contributed by atoms with Crippen molar-refractivity contribution in [3.8, 4) is 0 Å². The summed E-state index contributed by atoms with van der Waals surface area (Å²) in [5.41, 5.74) is 3.34. The van der Waals surface area contributed by atoms with Gasteiger partial charge in [-0.15, -0.1) is 0 Å². The highest BCUT2D eigenvalue weighted by molar-refractivity contribution is 5.89. The van der Waals surface area contributed by atoms with Gasteiger partial charge < -0.3 is 20.6 Å². The number of aliphatic hydroxyl groups excluding tert-OH is 1. The zero-order valence-electron chi connectivity index (χ0n) is 11.3. The lowest BCUT2D eigenvalue weighted by Gasteiger charge is -2.27. The summed E-state index contributed by atoms with van der Waals surface area (Å²) in [6, 6.07) is 5.79. The van der Waals surface area contributed by atoms with Crippen molar-refractivity contribution in [2.45, 2.75) is 19.3 Å². The third kappa shape index (κ3) is 3.61. The molecule has 5 nitrogen and oxygen atoms in total. The molecular formula is C14H21N3O2. The molecule has 2 amide bonds. The first-order valence-electron chi connectivity index (χ1n) is 6.70. The highest BCUT2D eigenvalue weighted by Gasteiger charge is 2.14. The Bertz CT molecular complexity index is 448. The van der Waals surface area contributed by atoms with Crippen molar-refractivity contribution in [2.24, 2.45) is 0 Å². The number of nitrogens with one attached hydrogen (secondary N) is 2. The van der Waals surface area contributed by atoms with E-state index in [9.17, 15) is 4.79 Å². The maximum atomic E-state index is 11.6. The topological polar surface area (TPSA) is 64.6 Å². The van der Waals surface area contributed by atoms with Crippen molar-refractivity contribution >= 4 is 17.4 Å². The number of nitrogens with zero attached hydrogens (tertiary/aromatic N) is 1. The maximum absolute atomic E-state index is 11.6. The maximum Gasteiger partial charge on any atom is 0.319 e. The molecule has 0 saturated heterocycles. The van der Waals surface area contributed by atoms with E-state index in [-0.39, 0.29) is 12.6 Å². The molecule has 1 heterocycles. The molecule has 0 fully saturated rings. The summed E-state index contributed by atoms with van der Waals surface area (Å²) in [4.78, 5) is 13.8. The number of hydrogen-bond acceptors (Lipinski definition) is 3. The largest absolute Gasteiger partial charge is 0.396 e. The summed E-state index contributed by atoms with van der Waals surface area (Å²) < 4.78 is 0. The molecule has 0 saturated carbocycles. The Morgan fingerprint density at radius 2 is 2.32 bits per heavy atom. The second kappa shape index (κ2) is 6.43. The van der Waals surface area contributed by atoms with Crippen LogP contribution in [0.2, 0.25) is 0 Å². The van der Waals surface area contributed by atoms with Gasteiger partial charge in [-0.2, -0.15) is 0 Å². The van der Waals surface area contributed by atoms with E-state index in [4.69, 9.17) is 5.11 Å². The molecule has 0 radical (unpaired) electrons. The van der Waals surface area contributed by atoms with E-state index in [0.29, 0.717) is 13.0 Å². The Labute approximate surface area is 113 Å². The van der Waals surface area contributed by atoms with E-state index < -0.39 is 0 Å². The Morgan fingerprint density at radius 1 is 1.47 bits per heavy atom. The molecule has 1 aromatic carbocycles. The minimum atomic E-state index is -0.224. The van der Waals surface area contributed by atoms with Gasteiger partial charge in [-0.1, -0.05) is 0 Å². The van der Waals surface area contributed by atoms with Crippen LogP contribution in [0.25, 0.3) is 0 Å². The van der Waals surface area contributed by atoms with Gasteiger partial charge in [0.25, 0.3) is 0 Å². The zero-order chi connectivity index (χ0) is 13.7. The van der Waals surface area contributed by atoms with E-state index >= 15 is 0 Å². The molecule has 1 aliphatic rings. The first-order valence-corrected chi connectivity index (χ1v) is 6.70. The highest BCUT2D eigenvalue weighted by Crippen LogP contribution is 2.28. The molecule has 19 heavy (non-hydrogen) atoms. The number of aliphatic hydroxyl groups is 1. The standard InChI is InChI=1S/C14H21N3O2/c1-17-8-2-4-11-10-12(5-6-13(11)17)16-14(19)15-7-3-9-18/h5-6,10,18H,2-4,7-9H2,1H3,(H2,15,16,19). The molecule has 0 aliphatic carbocycles. The van der Waals surface area contributed by atoms with Crippen molar-refractivity contribution < 1.29 is 9.90 Å². The van der Waals surface area contributed by atoms with Gasteiger partial charge in [0, 0.05) is 38.1 Å². The van der Waals surface area contributed by atoms with Crippen molar-refractivity contribution in [1.29, 1.82) is 0 Å². The third-order valence-electron chi connectivity index (χ3n) is 3.31. The number of benzene rings is 1. The van der Waals surface area contributed by atoms with Crippen molar-refractivity contribution in [3.05, 3.63) is 23.8 Å². The van der Waals surface area contributed by atoms with Gasteiger partial charge in [0.15, 0.2) is 0 Å². The molecule has 2 rings (SSSR count). The quantitative estimate of drug-likeness (QED) is 0.723. The number of aryl methyl sites for hydroxylation is 1. The molecule has 0 atom stereocenters. The van der Waals surface area contributed by atoms with Gasteiger partial charge in [-0.25, -0.2) is 4.79 Å². The molecule has 0 unspecified atom stereocenters. The lowest BCUT2D eigenvalue weighted by molar-refractivity contribution is 0.249. The van der Waals surface area contributed by atoms with Gasteiger partial charge in [0.2, 0.25) is 0 Å². The first-order chi connectivity index (χ1) is 9.20. The Hall–Kier alpha value is -1.75. The average molecular weight is 263 g/mol. The number of rotatable bonds is 4. The lowest BCUT2D eigenvalue weighted by atomic mass is 10.0. The zero-order valence-corrected chi connectivity index (χ0v) is 11.3. The minimum absolute atomic E-state index is 0.0887. The van der Waals surface area contributed by atoms with Crippen LogP contribution in [-0.2, 0) is 6.42 Å². The molecule has 5 heteroatoms. The van der Waals surface area contributed by atoms with E-state index in [2.05, 4.69) is 28.6 Å². The number of urea groups is 1. The number of anilines is 2. The normalized spacial score (nSPS) is 13.9. The van der Waals surface area contributed by atoms with Gasteiger partial charge in [0.05, 0.1) is 0 Å². The van der Waals surface area contributed by atoms with Crippen LogP contribution >= 0.6 is 0 Å². The first kappa shape index (κ1) is 13.7. The predicted molar refractivity (Wildman–Crippen MR) is 76.8 cm³/mol. The second-order valence-electron chi connectivity index (χ2n) is 4.83. The van der Waals surface area contributed by atoms with Gasteiger partial charge in [-0.3, -0.25) is 0 Å². The minimum Gasteiger partial charge on any atom is -0.396 e. The van der Waals surface area contributed by atoms with Crippen LogP contribution < -0.4 is 15.5 Å². The smallest absolute Gasteiger partial charge is 0.319 e. The van der Waals surface area contributed by atoms with Crippen molar-refractivity contribution in [2.75, 3.05) is 37.0 Å². The Morgan fingerprint density at radius 3 is 3.11 bits per heavy atom. The number of hydrogen-bond donors (Lipinski definition) is 3. The fourth-order valence-electron chi connectivity index (χ4n) is 2.32. The number of amides is 2. The summed E-state index contributed by atoms with van der Waals surface area (Å²) in [6.45, 7) is 1.66. The average Bonchev–Trinajstić information content (AvgIpc) is 2.39. The molecule has 1 aliphatic heterocycles. The third-order valence-corrected chi connectivity index (χ3v) is 3.31. The van der Waals surface area contributed by atoms with Crippen molar-refractivity contribution in [3.63, 3.8) is 0 Å². The fourth-order valence-corrected chi connectivity index (χ4v) is 2.32. The van der Waals surface area contributed by atoms with Crippen LogP contribution in [0.5, 0.6) is 0 Å². The van der Waals surface area contributed by atoms with Gasteiger partial charge in [-0.05, 0) is 43.0 Å². The number of carbonyl (C=O) groups is 1. The van der Waals surface area contributed by atoms with Crippen LogP contribution in [0, 0.1) is 0 Å². The van der Waals surface area contributed by atoms with Crippen LogP contribution in [0.4, 0.5) is 16.2 Å². The Balaban J connectivity index is 1.96. The molecule has 0 bridgehead atoms. The summed E-state index contributed by atoms with van der Waals surface area (Å²) in [6.07, 6.45) is 2.78. The summed E-state index contributed by atoms with van der Waals surface area (Å²) in [5, 5.41) is 14.2. The van der Waals surface area contributed by atoms with Crippen LogP contribution in [0.15, 0.2) is 18.2 Å². The monoisotopic (exact) mass is 263 g/mol. The Kier molecular flexibility index (Phi) is 4.63. The molecular weight excluding hydrogens is 242 g/mol. The molecule has 0 spiro atoms. The summed E-state index contributed by atoms with van der Waals surface area (Å²) in [7, 11) is 2.09. The van der Waals surface area contributed by atoms with Gasteiger partial charge >= 0.3 is 6.03 Å². The van der Waals surface area contributed by atoms with Crippen LogP contribution in [0.3, 0.4) is 0 Å². The van der Waals surface area contributed by atoms with Crippen LogP contribution in [0.1, 0.15) is 18.4 Å². The van der Waals surface area contributed by atoms with E-state index in [1.807, 2.05) is 12.1 Å². The van der Waals surface area contributed by atoms with E-state index in [0.717, 1.165) is 25.1 Å². The molecule has 104 valence electrons. The summed E-state index contributed by atoms with van der Waals surface area (Å²) in [5.74, 6) is 0. The molecule has 0 aromatic heterocycles. The number of carbonyl (C=O) groups excluding carboxylic acids is 1. The second-order valence-corrected chi connectivity index (χ2v) is 4.83. The predicted octanol–water partition coefficient (Wildman–Crippen LogP) is 1.57. The number of fused-ring (bicyclic) bond motifs is 1. The van der Waals surface area contributed by atoms with Crippen LogP contribution in [-0.4, -0.2) is 37.9 Å². The fraction of sp³-hybridized carbons (Fsp3) is 0.500. The van der Waals surface area contributed by atoms with E-state index in [1.54, 1.807) is 0 Å². The lowest BCUT2D eigenvalue weighted by Crippen LogP contribution is -2.30. The SMILES string of the molecule is CN1CCCc2cc(NC(=O)NCCCO)ccc21. The van der Waals surface area contributed by atoms with Gasteiger partial charge in [0.1, 0.15) is 0 Å². The van der Waals surface area contributed by atoms with E-state index in [1.165, 1.54) is 11.3 Å². The highest BCUT2D eigenvalue weighted by atomic mass is 16.3. The molecule has 3 N–H and O–H groups in total. The summed E-state index contributed by atoms with van der Waals surface area (Å²) >= 11 is 0. The van der Waals surface area contributed by atoms with Crippen molar-refractivity contribution in [1.82, 2.24) is 5.32 Å².